The Morgan fingerprint density at radius 1 is 1.00 bits per heavy atom. The summed E-state index contributed by atoms with van der Waals surface area (Å²) in [5.41, 5.74) is 2.16. The number of benzene rings is 2. The molecule has 1 atom stereocenters. The highest BCUT2D eigenvalue weighted by Crippen LogP contribution is 2.32. The minimum atomic E-state index is -0.276. The quantitative estimate of drug-likeness (QED) is 0.738. The van der Waals surface area contributed by atoms with Gasteiger partial charge in [0.15, 0.2) is 11.5 Å². The Morgan fingerprint density at radius 2 is 1.71 bits per heavy atom. The van der Waals surface area contributed by atoms with E-state index in [1.54, 1.807) is 14.2 Å². The van der Waals surface area contributed by atoms with Gasteiger partial charge in [-0.05, 0) is 23.3 Å². The van der Waals surface area contributed by atoms with Crippen LogP contribution >= 0.6 is 0 Å². The maximum Gasteiger partial charge on any atom is 0.161 e. The van der Waals surface area contributed by atoms with Crippen molar-refractivity contribution in [2.24, 2.45) is 0 Å². The number of methoxy groups -OCH3 is 2. The molecule has 0 N–H and O–H groups in total. The monoisotopic (exact) mass is 377 g/mol. The minimum absolute atomic E-state index is 0.276. The van der Waals surface area contributed by atoms with Gasteiger partial charge in [0.05, 0.1) is 20.3 Å². The summed E-state index contributed by atoms with van der Waals surface area (Å²) in [4.78, 5) is 4.65. The molecule has 3 rings (SSSR count). The lowest BCUT2D eigenvalue weighted by Gasteiger charge is -2.36. The van der Waals surface area contributed by atoms with E-state index in [0.717, 1.165) is 38.3 Å². The summed E-state index contributed by atoms with van der Waals surface area (Å²) < 4.78 is 10.7. The SMILES string of the molecule is COc1ccc(C(C#N)N2CCN(CC=Cc3ccccc3)CC2)cc1OC. The fraction of sp³-hybridized carbons (Fsp3) is 0.348. The average molecular weight is 377 g/mol. The van der Waals surface area contributed by atoms with Gasteiger partial charge in [-0.25, -0.2) is 0 Å². The van der Waals surface area contributed by atoms with Crippen molar-refractivity contribution in [2.45, 2.75) is 6.04 Å². The molecular weight excluding hydrogens is 350 g/mol. The minimum Gasteiger partial charge on any atom is -0.493 e. The molecule has 2 aromatic rings. The molecule has 1 aliphatic heterocycles. The molecule has 5 nitrogen and oxygen atoms in total. The molecule has 2 aromatic carbocycles. The second-order valence-corrected chi connectivity index (χ2v) is 6.80. The summed E-state index contributed by atoms with van der Waals surface area (Å²) in [5.74, 6) is 1.34. The van der Waals surface area contributed by atoms with Crippen molar-refractivity contribution in [3.8, 4) is 17.6 Å². The second-order valence-electron chi connectivity index (χ2n) is 6.80. The molecule has 0 spiro atoms. The highest BCUT2D eigenvalue weighted by atomic mass is 16.5. The summed E-state index contributed by atoms with van der Waals surface area (Å²) >= 11 is 0. The van der Waals surface area contributed by atoms with E-state index in [2.05, 4.69) is 52.3 Å². The molecule has 0 amide bonds. The normalized spacial score (nSPS) is 16.6. The maximum absolute atomic E-state index is 9.77. The van der Waals surface area contributed by atoms with Gasteiger partial charge in [-0.2, -0.15) is 5.26 Å². The van der Waals surface area contributed by atoms with Crippen LogP contribution in [0.3, 0.4) is 0 Å². The molecule has 0 aromatic heterocycles. The topological polar surface area (TPSA) is 48.7 Å². The first-order valence-corrected chi connectivity index (χ1v) is 9.54. The van der Waals surface area contributed by atoms with Gasteiger partial charge in [-0.15, -0.1) is 0 Å². The summed E-state index contributed by atoms with van der Waals surface area (Å²) in [6, 6.07) is 18.2. The largest absolute Gasteiger partial charge is 0.493 e. The van der Waals surface area contributed by atoms with Crippen LogP contribution in [0.5, 0.6) is 11.5 Å². The lowest BCUT2D eigenvalue weighted by atomic mass is 10.0. The number of rotatable bonds is 7. The van der Waals surface area contributed by atoms with Crippen LogP contribution in [-0.2, 0) is 0 Å². The van der Waals surface area contributed by atoms with Crippen LogP contribution in [0.4, 0.5) is 0 Å². The highest BCUT2D eigenvalue weighted by molar-refractivity contribution is 5.48. The van der Waals surface area contributed by atoms with Crippen LogP contribution in [0.15, 0.2) is 54.6 Å². The van der Waals surface area contributed by atoms with E-state index in [9.17, 15) is 5.26 Å². The highest BCUT2D eigenvalue weighted by Gasteiger charge is 2.25. The van der Waals surface area contributed by atoms with Gasteiger partial charge in [0, 0.05) is 32.7 Å². The van der Waals surface area contributed by atoms with E-state index in [-0.39, 0.29) is 6.04 Å². The van der Waals surface area contributed by atoms with Crippen molar-refractivity contribution in [1.29, 1.82) is 5.26 Å². The van der Waals surface area contributed by atoms with Gasteiger partial charge in [-0.3, -0.25) is 9.80 Å². The van der Waals surface area contributed by atoms with Gasteiger partial charge in [0.2, 0.25) is 0 Å². The van der Waals surface area contributed by atoms with Crippen molar-refractivity contribution in [3.05, 3.63) is 65.7 Å². The Balaban J connectivity index is 1.57. The van der Waals surface area contributed by atoms with E-state index in [0.29, 0.717) is 11.5 Å². The molecule has 1 aliphatic rings. The maximum atomic E-state index is 9.77. The number of nitrogens with zero attached hydrogens (tertiary/aromatic N) is 3. The van der Waals surface area contributed by atoms with Crippen molar-refractivity contribution in [1.82, 2.24) is 9.80 Å². The van der Waals surface area contributed by atoms with Crippen LogP contribution in [0, 0.1) is 11.3 Å². The third kappa shape index (κ3) is 4.92. The molecular formula is C23H27N3O2. The van der Waals surface area contributed by atoms with Crippen molar-refractivity contribution in [3.63, 3.8) is 0 Å². The molecule has 5 heteroatoms. The zero-order valence-corrected chi connectivity index (χ0v) is 16.5. The summed E-state index contributed by atoms with van der Waals surface area (Å²) in [7, 11) is 3.23. The third-order valence-corrected chi connectivity index (χ3v) is 5.09. The molecule has 0 radical (unpaired) electrons. The molecule has 0 aliphatic carbocycles. The van der Waals surface area contributed by atoms with Gasteiger partial charge >= 0.3 is 0 Å². The molecule has 146 valence electrons. The zero-order chi connectivity index (χ0) is 19.8. The average Bonchev–Trinajstić information content (AvgIpc) is 2.76. The number of nitriles is 1. The standard InChI is InChI=1S/C23H27N3O2/c1-27-22-11-10-20(17-23(22)28-2)21(18-24)26-15-13-25(14-16-26)12-6-9-19-7-4-3-5-8-19/h3-11,17,21H,12-16H2,1-2H3. The Labute approximate surface area is 167 Å². The molecule has 28 heavy (non-hydrogen) atoms. The molecule has 1 heterocycles. The van der Waals surface area contributed by atoms with E-state index < -0.39 is 0 Å². The predicted octanol–water partition coefficient (Wildman–Crippen LogP) is 3.60. The van der Waals surface area contributed by atoms with Crippen LogP contribution in [0.2, 0.25) is 0 Å². The second kappa shape index (κ2) is 9.93. The Bertz CT molecular complexity index is 821. The van der Waals surface area contributed by atoms with E-state index in [1.807, 2.05) is 24.3 Å². The first-order valence-electron chi connectivity index (χ1n) is 9.54. The number of ether oxygens (including phenoxy) is 2. The number of piperazine rings is 1. The lowest BCUT2D eigenvalue weighted by Crippen LogP contribution is -2.47. The van der Waals surface area contributed by atoms with Crippen LogP contribution in [0.1, 0.15) is 17.2 Å². The summed E-state index contributed by atoms with van der Waals surface area (Å²) in [5, 5.41) is 9.77. The van der Waals surface area contributed by atoms with Crippen molar-refractivity contribution >= 4 is 6.08 Å². The van der Waals surface area contributed by atoms with E-state index in [1.165, 1.54) is 5.56 Å². The summed E-state index contributed by atoms with van der Waals surface area (Å²) in [6.45, 7) is 4.56. The fourth-order valence-electron chi connectivity index (χ4n) is 3.50. The van der Waals surface area contributed by atoms with Crippen LogP contribution < -0.4 is 9.47 Å². The molecule has 0 bridgehead atoms. The molecule has 1 unspecified atom stereocenters. The summed E-state index contributed by atoms with van der Waals surface area (Å²) in [6.07, 6.45) is 4.37. The third-order valence-electron chi connectivity index (χ3n) is 5.09. The lowest BCUT2D eigenvalue weighted by molar-refractivity contribution is 0.123. The zero-order valence-electron chi connectivity index (χ0n) is 16.5. The predicted molar refractivity (Wildman–Crippen MR) is 111 cm³/mol. The fourth-order valence-corrected chi connectivity index (χ4v) is 3.50. The van der Waals surface area contributed by atoms with Gasteiger partial charge in [-0.1, -0.05) is 48.6 Å². The Hall–Kier alpha value is -2.81. The molecule has 1 fully saturated rings. The first-order chi connectivity index (χ1) is 13.7. The van der Waals surface area contributed by atoms with Gasteiger partial charge in [0.25, 0.3) is 0 Å². The van der Waals surface area contributed by atoms with Gasteiger partial charge in [0.1, 0.15) is 6.04 Å². The van der Waals surface area contributed by atoms with Crippen molar-refractivity contribution in [2.75, 3.05) is 46.9 Å². The Kier molecular flexibility index (Phi) is 7.07. The Morgan fingerprint density at radius 3 is 2.36 bits per heavy atom. The number of hydrogen-bond donors (Lipinski definition) is 0. The van der Waals surface area contributed by atoms with Crippen LogP contribution in [-0.4, -0.2) is 56.7 Å². The van der Waals surface area contributed by atoms with E-state index >= 15 is 0 Å². The number of hydrogen-bond acceptors (Lipinski definition) is 5. The smallest absolute Gasteiger partial charge is 0.161 e. The van der Waals surface area contributed by atoms with Crippen LogP contribution in [0.25, 0.3) is 6.08 Å². The molecule has 1 saturated heterocycles. The molecule has 0 saturated carbocycles. The van der Waals surface area contributed by atoms with Crippen molar-refractivity contribution < 1.29 is 9.47 Å². The van der Waals surface area contributed by atoms with E-state index in [4.69, 9.17) is 9.47 Å². The van der Waals surface area contributed by atoms with Gasteiger partial charge < -0.3 is 9.47 Å². The first kappa shape index (κ1) is 19.9.